The van der Waals surface area contributed by atoms with E-state index in [9.17, 15) is 4.79 Å². The second-order valence-corrected chi connectivity index (χ2v) is 4.66. The van der Waals surface area contributed by atoms with Crippen LogP contribution in [0.25, 0.3) is 10.8 Å². The molecule has 104 valence electrons. The summed E-state index contributed by atoms with van der Waals surface area (Å²) in [6, 6.07) is 12.8. The van der Waals surface area contributed by atoms with Crippen LogP contribution < -0.4 is 10.5 Å². The van der Waals surface area contributed by atoms with E-state index in [1.807, 2.05) is 24.3 Å². The van der Waals surface area contributed by atoms with Gasteiger partial charge < -0.3 is 10.5 Å². The molecule has 21 heavy (non-hydrogen) atoms. The van der Waals surface area contributed by atoms with Crippen LogP contribution >= 0.6 is 0 Å². The van der Waals surface area contributed by atoms with Gasteiger partial charge in [0.05, 0.1) is 12.8 Å². The van der Waals surface area contributed by atoms with Crippen molar-refractivity contribution in [1.29, 1.82) is 0 Å². The summed E-state index contributed by atoms with van der Waals surface area (Å²) in [5, 5.41) is 1.78. The van der Waals surface area contributed by atoms with E-state index < -0.39 is 0 Å². The summed E-state index contributed by atoms with van der Waals surface area (Å²) < 4.78 is 5.17. The van der Waals surface area contributed by atoms with Crippen molar-refractivity contribution >= 4 is 22.2 Å². The minimum Gasteiger partial charge on any atom is -0.495 e. The molecule has 0 aliphatic heterocycles. The van der Waals surface area contributed by atoms with E-state index in [1.165, 1.54) is 7.11 Å². The third-order valence-corrected chi connectivity index (χ3v) is 3.44. The van der Waals surface area contributed by atoms with Gasteiger partial charge in [-0.05, 0) is 17.5 Å². The average molecular weight is 278 g/mol. The number of hydrogen-bond donors (Lipinski definition) is 1. The van der Waals surface area contributed by atoms with E-state index in [4.69, 9.17) is 10.5 Å². The predicted molar refractivity (Wildman–Crippen MR) is 82.6 cm³/mol. The van der Waals surface area contributed by atoms with E-state index in [1.54, 1.807) is 30.6 Å². The molecule has 4 nitrogen and oxygen atoms in total. The van der Waals surface area contributed by atoms with Gasteiger partial charge in [0.25, 0.3) is 0 Å². The summed E-state index contributed by atoms with van der Waals surface area (Å²) in [5.41, 5.74) is 7.31. The Hall–Kier alpha value is -2.88. The van der Waals surface area contributed by atoms with Crippen molar-refractivity contribution in [3.8, 4) is 5.75 Å². The quantitative estimate of drug-likeness (QED) is 0.590. The fourth-order valence-electron chi connectivity index (χ4n) is 2.36. The number of pyridine rings is 1. The Kier molecular flexibility index (Phi) is 3.28. The summed E-state index contributed by atoms with van der Waals surface area (Å²) in [6.45, 7) is 0. The lowest BCUT2D eigenvalue weighted by Crippen LogP contribution is -2.07. The number of rotatable bonds is 3. The molecule has 0 amide bonds. The summed E-state index contributed by atoms with van der Waals surface area (Å²) in [6.07, 6.45) is 3.31. The van der Waals surface area contributed by atoms with Gasteiger partial charge in [0.15, 0.2) is 5.78 Å². The van der Waals surface area contributed by atoms with E-state index in [0.717, 1.165) is 10.8 Å². The van der Waals surface area contributed by atoms with E-state index in [2.05, 4.69) is 4.98 Å². The molecule has 0 unspecified atom stereocenters. The minimum absolute atomic E-state index is 0.157. The lowest BCUT2D eigenvalue weighted by atomic mass is 9.98. The lowest BCUT2D eigenvalue weighted by Gasteiger charge is -2.10. The van der Waals surface area contributed by atoms with Crippen molar-refractivity contribution < 1.29 is 9.53 Å². The van der Waals surface area contributed by atoms with Gasteiger partial charge in [-0.1, -0.05) is 30.3 Å². The number of para-hydroxylation sites is 1. The van der Waals surface area contributed by atoms with Crippen LogP contribution in [0.15, 0.2) is 54.9 Å². The van der Waals surface area contributed by atoms with Gasteiger partial charge in [0, 0.05) is 28.9 Å². The van der Waals surface area contributed by atoms with Gasteiger partial charge in [-0.15, -0.1) is 0 Å². The molecule has 3 rings (SSSR count). The summed E-state index contributed by atoms with van der Waals surface area (Å²) in [7, 11) is 1.53. The SMILES string of the molecule is COc1cccc(C(=O)c2cncc3ccccc23)c1N. The maximum Gasteiger partial charge on any atom is 0.197 e. The molecule has 0 atom stereocenters. The van der Waals surface area contributed by atoms with E-state index in [-0.39, 0.29) is 5.78 Å². The molecule has 0 bridgehead atoms. The van der Waals surface area contributed by atoms with Crippen LogP contribution in [0.4, 0.5) is 5.69 Å². The van der Waals surface area contributed by atoms with Crippen molar-refractivity contribution in [2.45, 2.75) is 0 Å². The maximum atomic E-state index is 12.8. The standard InChI is InChI=1S/C17H14N2O2/c1-21-15-8-4-7-13(16(15)18)17(20)14-10-19-9-11-5-2-3-6-12(11)14/h2-10H,18H2,1H3. The van der Waals surface area contributed by atoms with Gasteiger partial charge in [0.1, 0.15) is 5.75 Å². The second kappa shape index (κ2) is 5.25. The Morgan fingerprint density at radius 1 is 1.05 bits per heavy atom. The number of ketones is 1. The van der Waals surface area contributed by atoms with E-state index >= 15 is 0 Å². The molecule has 3 aromatic rings. The first kappa shape index (κ1) is 13.1. The molecule has 0 spiro atoms. The van der Waals surface area contributed by atoms with Crippen molar-refractivity contribution in [2.75, 3.05) is 12.8 Å². The smallest absolute Gasteiger partial charge is 0.197 e. The van der Waals surface area contributed by atoms with Gasteiger partial charge in [-0.25, -0.2) is 0 Å². The summed E-state index contributed by atoms with van der Waals surface area (Å²) >= 11 is 0. The van der Waals surface area contributed by atoms with Gasteiger partial charge in [0.2, 0.25) is 0 Å². The van der Waals surface area contributed by atoms with E-state index in [0.29, 0.717) is 22.6 Å². The molecular weight excluding hydrogens is 264 g/mol. The van der Waals surface area contributed by atoms with Crippen molar-refractivity contribution in [3.05, 3.63) is 66.0 Å². The predicted octanol–water partition coefficient (Wildman–Crippen LogP) is 3.06. The molecule has 0 saturated heterocycles. The number of anilines is 1. The normalized spacial score (nSPS) is 10.5. The number of ether oxygens (including phenoxy) is 1. The monoisotopic (exact) mass is 278 g/mol. The van der Waals surface area contributed by atoms with Crippen LogP contribution in [0.3, 0.4) is 0 Å². The largest absolute Gasteiger partial charge is 0.495 e. The Morgan fingerprint density at radius 2 is 1.86 bits per heavy atom. The van der Waals surface area contributed by atoms with Crippen LogP contribution in [-0.2, 0) is 0 Å². The third kappa shape index (κ3) is 2.21. The highest BCUT2D eigenvalue weighted by Crippen LogP contribution is 2.28. The Bertz CT molecular complexity index is 823. The molecule has 0 aliphatic rings. The van der Waals surface area contributed by atoms with Crippen LogP contribution in [0.2, 0.25) is 0 Å². The number of methoxy groups -OCH3 is 1. The number of nitrogen functional groups attached to an aromatic ring is 1. The summed E-state index contributed by atoms with van der Waals surface area (Å²) in [4.78, 5) is 16.9. The molecule has 0 fully saturated rings. The molecule has 1 aromatic heterocycles. The molecule has 0 saturated carbocycles. The summed E-state index contributed by atoms with van der Waals surface area (Å²) in [5.74, 6) is 0.338. The Labute approximate surface area is 122 Å². The second-order valence-electron chi connectivity index (χ2n) is 4.66. The highest BCUT2D eigenvalue weighted by atomic mass is 16.5. The fraction of sp³-hybridized carbons (Fsp3) is 0.0588. The number of nitrogens with two attached hydrogens (primary N) is 1. The average Bonchev–Trinajstić information content (AvgIpc) is 2.54. The topological polar surface area (TPSA) is 65.2 Å². The maximum absolute atomic E-state index is 12.8. The molecule has 0 radical (unpaired) electrons. The number of benzene rings is 2. The van der Waals surface area contributed by atoms with Crippen LogP contribution in [0, 0.1) is 0 Å². The zero-order valence-electron chi connectivity index (χ0n) is 11.5. The van der Waals surface area contributed by atoms with Crippen LogP contribution in [0.1, 0.15) is 15.9 Å². The minimum atomic E-state index is -0.157. The highest BCUT2D eigenvalue weighted by molar-refractivity contribution is 6.18. The molecule has 2 aromatic carbocycles. The molecule has 2 N–H and O–H groups in total. The van der Waals surface area contributed by atoms with Crippen LogP contribution in [-0.4, -0.2) is 17.9 Å². The molecule has 1 heterocycles. The first-order chi connectivity index (χ1) is 10.2. The number of carbonyl (C=O) groups excluding carboxylic acids is 1. The lowest BCUT2D eigenvalue weighted by molar-refractivity contribution is 0.104. The van der Waals surface area contributed by atoms with Crippen molar-refractivity contribution in [1.82, 2.24) is 4.98 Å². The molecule has 0 aliphatic carbocycles. The van der Waals surface area contributed by atoms with Gasteiger partial charge >= 0.3 is 0 Å². The Balaban J connectivity index is 2.18. The molecule has 4 heteroatoms. The first-order valence-corrected chi connectivity index (χ1v) is 6.52. The van der Waals surface area contributed by atoms with Gasteiger partial charge in [-0.3, -0.25) is 9.78 Å². The van der Waals surface area contributed by atoms with Crippen molar-refractivity contribution in [2.24, 2.45) is 0 Å². The molecular formula is C17H14N2O2. The highest BCUT2D eigenvalue weighted by Gasteiger charge is 2.17. The van der Waals surface area contributed by atoms with Gasteiger partial charge in [-0.2, -0.15) is 0 Å². The number of nitrogens with zero attached hydrogens (tertiary/aromatic N) is 1. The zero-order valence-corrected chi connectivity index (χ0v) is 11.5. The van der Waals surface area contributed by atoms with Crippen LogP contribution in [0.5, 0.6) is 5.75 Å². The third-order valence-electron chi connectivity index (χ3n) is 3.44. The number of hydrogen-bond acceptors (Lipinski definition) is 4. The fourth-order valence-corrected chi connectivity index (χ4v) is 2.36. The number of carbonyl (C=O) groups is 1. The Morgan fingerprint density at radius 3 is 2.67 bits per heavy atom. The number of fused-ring (bicyclic) bond motifs is 1. The first-order valence-electron chi connectivity index (χ1n) is 6.52. The zero-order chi connectivity index (χ0) is 14.8. The van der Waals surface area contributed by atoms with Crippen molar-refractivity contribution in [3.63, 3.8) is 0 Å². The number of aromatic nitrogens is 1.